The minimum absolute atomic E-state index is 0.442. The molecule has 0 fully saturated rings. The highest BCUT2D eigenvalue weighted by Gasteiger charge is 2.06. The molecular weight excluding hydrogens is 278 g/mol. The summed E-state index contributed by atoms with van der Waals surface area (Å²) in [7, 11) is 1.62. The number of benzene rings is 2. The standard InChI is InChI=1S/C18H23NO3/c1-13-4-5-14(2)17(10-13)21-8-9-22-18-11-15(12-19)6-7-16(18)20-3/h4-7,10-11H,8-9,12,19H2,1-3H3. The van der Waals surface area contributed by atoms with E-state index in [4.69, 9.17) is 19.9 Å². The summed E-state index contributed by atoms with van der Waals surface area (Å²) in [5.74, 6) is 2.28. The molecule has 0 saturated carbocycles. The molecule has 0 atom stereocenters. The highest BCUT2D eigenvalue weighted by Crippen LogP contribution is 2.28. The van der Waals surface area contributed by atoms with Crippen LogP contribution >= 0.6 is 0 Å². The fourth-order valence-corrected chi connectivity index (χ4v) is 2.13. The van der Waals surface area contributed by atoms with Gasteiger partial charge in [0.15, 0.2) is 11.5 Å². The Bertz CT molecular complexity index is 626. The lowest BCUT2D eigenvalue weighted by Gasteiger charge is -2.13. The average Bonchev–Trinajstić information content (AvgIpc) is 2.54. The molecule has 0 aliphatic heterocycles. The van der Waals surface area contributed by atoms with Crippen LogP contribution in [-0.4, -0.2) is 20.3 Å². The lowest BCUT2D eigenvalue weighted by atomic mass is 10.1. The van der Waals surface area contributed by atoms with E-state index in [0.717, 1.165) is 16.9 Å². The number of hydrogen-bond donors (Lipinski definition) is 1. The molecule has 22 heavy (non-hydrogen) atoms. The summed E-state index contributed by atoms with van der Waals surface area (Å²) in [5, 5.41) is 0. The maximum absolute atomic E-state index is 5.78. The van der Waals surface area contributed by atoms with Crippen molar-refractivity contribution in [3.63, 3.8) is 0 Å². The third-order valence-corrected chi connectivity index (χ3v) is 3.41. The van der Waals surface area contributed by atoms with Gasteiger partial charge in [-0.1, -0.05) is 18.2 Å². The van der Waals surface area contributed by atoms with Crippen LogP contribution in [0.25, 0.3) is 0 Å². The van der Waals surface area contributed by atoms with Gasteiger partial charge >= 0.3 is 0 Å². The van der Waals surface area contributed by atoms with Crippen LogP contribution in [0, 0.1) is 13.8 Å². The van der Waals surface area contributed by atoms with Crippen LogP contribution in [0.2, 0.25) is 0 Å². The third kappa shape index (κ3) is 4.15. The Morgan fingerprint density at radius 2 is 1.59 bits per heavy atom. The second kappa shape index (κ2) is 7.71. The van der Waals surface area contributed by atoms with E-state index < -0.39 is 0 Å². The van der Waals surface area contributed by atoms with Crippen LogP contribution in [0.15, 0.2) is 36.4 Å². The zero-order chi connectivity index (χ0) is 15.9. The van der Waals surface area contributed by atoms with Gasteiger partial charge in [0.2, 0.25) is 0 Å². The molecule has 0 amide bonds. The Morgan fingerprint density at radius 3 is 2.27 bits per heavy atom. The van der Waals surface area contributed by atoms with Crippen LogP contribution in [0.5, 0.6) is 17.2 Å². The predicted molar refractivity (Wildman–Crippen MR) is 87.8 cm³/mol. The Hall–Kier alpha value is -2.20. The summed E-state index contributed by atoms with van der Waals surface area (Å²) in [4.78, 5) is 0. The van der Waals surface area contributed by atoms with Gasteiger partial charge in [0, 0.05) is 6.54 Å². The van der Waals surface area contributed by atoms with Gasteiger partial charge in [-0.15, -0.1) is 0 Å². The normalized spacial score (nSPS) is 10.4. The average molecular weight is 301 g/mol. The van der Waals surface area contributed by atoms with Crippen LogP contribution < -0.4 is 19.9 Å². The summed E-state index contributed by atoms with van der Waals surface area (Å²) in [6.45, 7) is 5.47. The van der Waals surface area contributed by atoms with E-state index in [1.807, 2.05) is 38.1 Å². The molecule has 0 heterocycles. The Labute approximate surface area is 131 Å². The van der Waals surface area contributed by atoms with Crippen molar-refractivity contribution in [2.24, 2.45) is 5.73 Å². The van der Waals surface area contributed by atoms with Crippen LogP contribution in [-0.2, 0) is 6.54 Å². The molecule has 2 N–H and O–H groups in total. The van der Waals surface area contributed by atoms with Gasteiger partial charge in [0.25, 0.3) is 0 Å². The Morgan fingerprint density at radius 1 is 0.864 bits per heavy atom. The van der Waals surface area contributed by atoms with Crippen LogP contribution in [0.1, 0.15) is 16.7 Å². The van der Waals surface area contributed by atoms with E-state index in [-0.39, 0.29) is 0 Å². The quantitative estimate of drug-likeness (QED) is 0.798. The molecule has 2 rings (SSSR count). The minimum Gasteiger partial charge on any atom is -0.493 e. The zero-order valence-electron chi connectivity index (χ0n) is 13.4. The van der Waals surface area contributed by atoms with E-state index in [1.165, 1.54) is 5.56 Å². The monoisotopic (exact) mass is 301 g/mol. The van der Waals surface area contributed by atoms with E-state index >= 15 is 0 Å². The van der Waals surface area contributed by atoms with Crippen molar-refractivity contribution >= 4 is 0 Å². The first-order chi connectivity index (χ1) is 10.6. The lowest BCUT2D eigenvalue weighted by molar-refractivity contribution is 0.210. The molecular formula is C18H23NO3. The van der Waals surface area contributed by atoms with E-state index in [0.29, 0.717) is 31.3 Å². The molecule has 0 bridgehead atoms. The van der Waals surface area contributed by atoms with Gasteiger partial charge in [-0.05, 0) is 48.7 Å². The number of aryl methyl sites for hydroxylation is 2. The molecule has 0 spiro atoms. The molecule has 0 radical (unpaired) electrons. The minimum atomic E-state index is 0.442. The number of hydrogen-bond acceptors (Lipinski definition) is 4. The second-order valence-electron chi connectivity index (χ2n) is 5.16. The number of nitrogens with two attached hydrogens (primary N) is 1. The van der Waals surface area contributed by atoms with Crippen molar-refractivity contribution in [1.29, 1.82) is 0 Å². The summed E-state index contributed by atoms with van der Waals surface area (Å²) >= 11 is 0. The Kier molecular flexibility index (Phi) is 5.67. The largest absolute Gasteiger partial charge is 0.493 e. The Balaban J connectivity index is 1.92. The van der Waals surface area contributed by atoms with E-state index in [9.17, 15) is 0 Å². The van der Waals surface area contributed by atoms with E-state index in [2.05, 4.69) is 12.1 Å². The van der Waals surface area contributed by atoms with Gasteiger partial charge in [0.05, 0.1) is 7.11 Å². The van der Waals surface area contributed by atoms with Crippen molar-refractivity contribution in [2.45, 2.75) is 20.4 Å². The molecule has 0 aliphatic rings. The SMILES string of the molecule is COc1ccc(CN)cc1OCCOc1cc(C)ccc1C. The summed E-state index contributed by atoms with van der Waals surface area (Å²) < 4.78 is 16.8. The van der Waals surface area contributed by atoms with Crippen molar-refractivity contribution < 1.29 is 14.2 Å². The molecule has 0 unspecified atom stereocenters. The molecule has 0 aliphatic carbocycles. The van der Waals surface area contributed by atoms with Crippen molar-refractivity contribution in [2.75, 3.05) is 20.3 Å². The van der Waals surface area contributed by atoms with Crippen LogP contribution in [0.4, 0.5) is 0 Å². The number of ether oxygens (including phenoxy) is 3. The summed E-state index contributed by atoms with van der Waals surface area (Å²) in [6, 6.07) is 11.9. The molecule has 118 valence electrons. The summed E-state index contributed by atoms with van der Waals surface area (Å²) in [5.41, 5.74) is 8.95. The molecule has 4 nitrogen and oxygen atoms in total. The maximum atomic E-state index is 5.78. The molecule has 4 heteroatoms. The van der Waals surface area contributed by atoms with Crippen molar-refractivity contribution in [3.05, 3.63) is 53.1 Å². The van der Waals surface area contributed by atoms with Gasteiger partial charge in [-0.25, -0.2) is 0 Å². The second-order valence-corrected chi connectivity index (χ2v) is 5.16. The fourth-order valence-electron chi connectivity index (χ4n) is 2.13. The molecule has 0 aromatic heterocycles. The first-order valence-electron chi connectivity index (χ1n) is 7.34. The fraction of sp³-hybridized carbons (Fsp3) is 0.333. The van der Waals surface area contributed by atoms with E-state index in [1.54, 1.807) is 7.11 Å². The third-order valence-electron chi connectivity index (χ3n) is 3.41. The topological polar surface area (TPSA) is 53.7 Å². The number of methoxy groups -OCH3 is 1. The lowest BCUT2D eigenvalue weighted by Crippen LogP contribution is -2.10. The van der Waals surface area contributed by atoms with Gasteiger partial charge in [0.1, 0.15) is 19.0 Å². The maximum Gasteiger partial charge on any atom is 0.161 e. The van der Waals surface area contributed by atoms with Gasteiger partial charge in [-0.3, -0.25) is 0 Å². The zero-order valence-corrected chi connectivity index (χ0v) is 13.4. The predicted octanol–water partition coefficient (Wildman–Crippen LogP) is 3.23. The smallest absolute Gasteiger partial charge is 0.161 e. The van der Waals surface area contributed by atoms with Crippen molar-refractivity contribution in [1.82, 2.24) is 0 Å². The van der Waals surface area contributed by atoms with Gasteiger partial charge in [-0.2, -0.15) is 0 Å². The highest BCUT2D eigenvalue weighted by atomic mass is 16.5. The molecule has 0 saturated heterocycles. The summed E-state index contributed by atoms with van der Waals surface area (Å²) in [6.07, 6.45) is 0. The number of rotatable bonds is 7. The highest BCUT2D eigenvalue weighted by molar-refractivity contribution is 5.43. The van der Waals surface area contributed by atoms with Crippen LogP contribution in [0.3, 0.4) is 0 Å². The molecule has 2 aromatic rings. The molecule has 2 aromatic carbocycles. The van der Waals surface area contributed by atoms with Crippen molar-refractivity contribution in [3.8, 4) is 17.2 Å². The first kappa shape index (κ1) is 16.2. The van der Waals surface area contributed by atoms with Gasteiger partial charge < -0.3 is 19.9 Å². The first-order valence-corrected chi connectivity index (χ1v) is 7.34.